The lowest BCUT2D eigenvalue weighted by Crippen LogP contribution is -2.13. The molecule has 0 aliphatic rings. The van der Waals surface area contributed by atoms with E-state index in [4.69, 9.17) is 14.3 Å². The summed E-state index contributed by atoms with van der Waals surface area (Å²) in [6.45, 7) is 1.97. The molecule has 0 aliphatic carbocycles. The fourth-order valence-electron chi connectivity index (χ4n) is 1.81. The number of hydrogen-bond donors (Lipinski definition) is 1. The maximum absolute atomic E-state index is 11.5. The number of unbranched alkanes of at least 4 members (excludes halogenated alkanes) is 1. The number of carboxylic acid groups (broad SMARTS) is 1. The van der Waals surface area contributed by atoms with E-state index in [0.717, 1.165) is 12.8 Å². The fraction of sp³-hybridized carbons (Fsp3) is 0.267. The molecular formula is C15H14O6. The lowest BCUT2D eigenvalue weighted by Gasteiger charge is -2.05. The first-order valence-corrected chi connectivity index (χ1v) is 6.53. The normalized spacial score (nSPS) is 10.5. The highest BCUT2D eigenvalue weighted by molar-refractivity contribution is 5.91. The number of carbonyl (C=O) groups excluding carboxylic acids is 1. The minimum Gasteiger partial charge on any atom is -0.477 e. The van der Waals surface area contributed by atoms with Gasteiger partial charge in [-0.05, 0) is 24.6 Å². The molecule has 2 rings (SSSR count). The van der Waals surface area contributed by atoms with Gasteiger partial charge in [0.1, 0.15) is 16.9 Å². The fourth-order valence-corrected chi connectivity index (χ4v) is 1.81. The maximum atomic E-state index is 11.5. The highest BCUT2D eigenvalue weighted by atomic mass is 16.5. The summed E-state index contributed by atoms with van der Waals surface area (Å²) in [7, 11) is 0. The van der Waals surface area contributed by atoms with Crippen molar-refractivity contribution in [3.8, 4) is 5.75 Å². The van der Waals surface area contributed by atoms with Crippen molar-refractivity contribution in [3.05, 3.63) is 40.2 Å². The zero-order valence-corrected chi connectivity index (χ0v) is 11.4. The van der Waals surface area contributed by atoms with E-state index in [1.54, 1.807) is 0 Å². The zero-order valence-electron chi connectivity index (χ0n) is 11.4. The molecule has 1 aromatic carbocycles. The molecule has 0 saturated carbocycles. The van der Waals surface area contributed by atoms with Crippen molar-refractivity contribution in [1.29, 1.82) is 0 Å². The maximum Gasteiger partial charge on any atom is 0.351 e. The summed E-state index contributed by atoms with van der Waals surface area (Å²) in [5.41, 5.74) is -1.20. The molecule has 0 aliphatic heterocycles. The van der Waals surface area contributed by atoms with Crippen LogP contribution in [-0.4, -0.2) is 17.0 Å². The van der Waals surface area contributed by atoms with Crippen LogP contribution in [-0.2, 0) is 4.79 Å². The number of carbonyl (C=O) groups is 2. The molecule has 0 saturated heterocycles. The lowest BCUT2D eigenvalue weighted by molar-refractivity contribution is -0.134. The van der Waals surface area contributed by atoms with Gasteiger partial charge in [0.15, 0.2) is 0 Å². The van der Waals surface area contributed by atoms with Crippen molar-refractivity contribution in [3.63, 3.8) is 0 Å². The minimum absolute atomic E-state index is 0.172. The molecule has 21 heavy (non-hydrogen) atoms. The number of ether oxygens (including phenoxy) is 1. The monoisotopic (exact) mass is 290 g/mol. The minimum atomic E-state index is -1.35. The number of esters is 1. The van der Waals surface area contributed by atoms with E-state index in [2.05, 4.69) is 0 Å². The second-order valence-corrected chi connectivity index (χ2v) is 4.53. The standard InChI is InChI=1S/C15H14O6/c1-2-3-4-13(16)20-10-6-5-9-7-11(14(17)18)15(19)21-12(9)8-10/h5-8H,2-4H2,1H3,(H,17,18). The molecule has 6 heteroatoms. The van der Waals surface area contributed by atoms with Gasteiger partial charge in [-0.15, -0.1) is 0 Å². The molecular weight excluding hydrogens is 276 g/mol. The molecule has 0 fully saturated rings. The van der Waals surface area contributed by atoms with Gasteiger partial charge in [-0.3, -0.25) is 4.79 Å². The SMILES string of the molecule is CCCCC(=O)Oc1ccc2cc(C(=O)O)c(=O)oc2c1. The largest absolute Gasteiger partial charge is 0.477 e. The highest BCUT2D eigenvalue weighted by Crippen LogP contribution is 2.21. The lowest BCUT2D eigenvalue weighted by atomic mass is 10.2. The molecule has 1 aromatic heterocycles. The van der Waals surface area contributed by atoms with Crippen LogP contribution in [0, 0.1) is 0 Å². The van der Waals surface area contributed by atoms with Crippen LogP contribution in [0.5, 0.6) is 5.75 Å². The average Bonchev–Trinajstić information content (AvgIpc) is 2.44. The van der Waals surface area contributed by atoms with E-state index in [1.165, 1.54) is 24.3 Å². The van der Waals surface area contributed by atoms with Crippen LogP contribution in [0.4, 0.5) is 0 Å². The van der Waals surface area contributed by atoms with E-state index in [9.17, 15) is 14.4 Å². The Kier molecular flexibility index (Phi) is 4.37. The first-order chi connectivity index (χ1) is 10.0. The number of benzene rings is 1. The van der Waals surface area contributed by atoms with Gasteiger partial charge in [0, 0.05) is 17.9 Å². The van der Waals surface area contributed by atoms with Crippen molar-refractivity contribution < 1.29 is 23.8 Å². The van der Waals surface area contributed by atoms with Gasteiger partial charge in [0.25, 0.3) is 0 Å². The van der Waals surface area contributed by atoms with Crippen molar-refractivity contribution in [2.45, 2.75) is 26.2 Å². The first kappa shape index (κ1) is 14.8. The summed E-state index contributed by atoms with van der Waals surface area (Å²) in [5.74, 6) is -1.45. The third-order valence-electron chi connectivity index (χ3n) is 2.90. The van der Waals surface area contributed by atoms with Gasteiger partial charge in [-0.2, -0.15) is 0 Å². The first-order valence-electron chi connectivity index (χ1n) is 6.53. The summed E-state index contributed by atoms with van der Waals surface area (Å²) in [4.78, 5) is 33.9. The summed E-state index contributed by atoms with van der Waals surface area (Å²) in [6, 6.07) is 5.68. The Labute approximate surface area is 119 Å². The smallest absolute Gasteiger partial charge is 0.351 e. The Balaban J connectivity index is 2.30. The van der Waals surface area contributed by atoms with Crippen LogP contribution in [0.25, 0.3) is 11.0 Å². The van der Waals surface area contributed by atoms with Crippen LogP contribution >= 0.6 is 0 Å². The van der Waals surface area contributed by atoms with Crippen molar-refractivity contribution in [1.82, 2.24) is 0 Å². The molecule has 0 radical (unpaired) electrons. The van der Waals surface area contributed by atoms with Gasteiger partial charge in [0.05, 0.1) is 0 Å². The molecule has 0 bridgehead atoms. The molecule has 2 aromatic rings. The van der Waals surface area contributed by atoms with Gasteiger partial charge in [-0.25, -0.2) is 9.59 Å². The highest BCUT2D eigenvalue weighted by Gasteiger charge is 2.13. The Bertz CT molecular complexity index is 743. The molecule has 0 unspecified atom stereocenters. The van der Waals surface area contributed by atoms with E-state index in [-0.39, 0.29) is 17.3 Å². The number of rotatable bonds is 5. The van der Waals surface area contributed by atoms with Crippen LogP contribution in [0.15, 0.2) is 33.5 Å². The second kappa shape index (κ2) is 6.21. The molecule has 1 N–H and O–H groups in total. The van der Waals surface area contributed by atoms with E-state index >= 15 is 0 Å². The van der Waals surface area contributed by atoms with Gasteiger partial charge in [-0.1, -0.05) is 13.3 Å². The average molecular weight is 290 g/mol. The van der Waals surface area contributed by atoms with Gasteiger partial charge < -0.3 is 14.3 Å². The van der Waals surface area contributed by atoms with Crippen LogP contribution in [0.1, 0.15) is 36.5 Å². The number of aromatic carboxylic acids is 1. The molecule has 6 nitrogen and oxygen atoms in total. The third kappa shape index (κ3) is 3.47. The van der Waals surface area contributed by atoms with E-state index in [1.807, 2.05) is 6.92 Å². The topological polar surface area (TPSA) is 93.8 Å². The number of carboxylic acids is 1. The summed E-state index contributed by atoms with van der Waals surface area (Å²) < 4.78 is 10.1. The quantitative estimate of drug-likeness (QED) is 0.516. The molecule has 0 amide bonds. The van der Waals surface area contributed by atoms with Gasteiger partial charge >= 0.3 is 17.6 Å². The Hall–Kier alpha value is -2.63. The van der Waals surface area contributed by atoms with Crippen molar-refractivity contribution in [2.24, 2.45) is 0 Å². The Morgan fingerprint density at radius 3 is 2.71 bits per heavy atom. The molecule has 1 heterocycles. The predicted octanol–water partition coefficient (Wildman–Crippen LogP) is 2.59. The van der Waals surface area contributed by atoms with E-state index in [0.29, 0.717) is 11.8 Å². The predicted molar refractivity (Wildman–Crippen MR) is 74.6 cm³/mol. The van der Waals surface area contributed by atoms with Crippen LogP contribution < -0.4 is 10.4 Å². The second-order valence-electron chi connectivity index (χ2n) is 4.53. The molecule has 0 spiro atoms. The number of hydrogen-bond acceptors (Lipinski definition) is 5. The summed E-state index contributed by atoms with van der Waals surface area (Å²) in [5, 5.41) is 9.30. The van der Waals surface area contributed by atoms with Gasteiger partial charge in [0.2, 0.25) is 0 Å². The Morgan fingerprint density at radius 1 is 1.29 bits per heavy atom. The summed E-state index contributed by atoms with van der Waals surface area (Å²) >= 11 is 0. The Morgan fingerprint density at radius 2 is 2.05 bits per heavy atom. The zero-order chi connectivity index (χ0) is 15.4. The summed E-state index contributed by atoms with van der Waals surface area (Å²) in [6.07, 6.45) is 1.94. The molecule has 110 valence electrons. The number of fused-ring (bicyclic) bond motifs is 1. The van der Waals surface area contributed by atoms with Crippen LogP contribution in [0.2, 0.25) is 0 Å². The molecule has 0 atom stereocenters. The van der Waals surface area contributed by atoms with Crippen molar-refractivity contribution >= 4 is 22.9 Å². The van der Waals surface area contributed by atoms with Crippen molar-refractivity contribution in [2.75, 3.05) is 0 Å². The third-order valence-corrected chi connectivity index (χ3v) is 2.90. The van der Waals surface area contributed by atoms with Crippen LogP contribution in [0.3, 0.4) is 0 Å². The van der Waals surface area contributed by atoms with E-state index < -0.39 is 17.2 Å².